The standard InChI is InChI=1S/C12H23NO/c1-4-6-13-12(8-10(2)3)11-5-7-14-9-11/h8,11-13H,4-7,9H2,1-3H3. The average molecular weight is 197 g/mol. The fourth-order valence-electron chi connectivity index (χ4n) is 1.87. The van der Waals surface area contributed by atoms with Gasteiger partial charge in [-0.1, -0.05) is 18.6 Å². The van der Waals surface area contributed by atoms with Gasteiger partial charge < -0.3 is 10.1 Å². The highest BCUT2D eigenvalue weighted by Crippen LogP contribution is 2.18. The highest BCUT2D eigenvalue weighted by atomic mass is 16.5. The van der Waals surface area contributed by atoms with Crippen LogP contribution in [0.3, 0.4) is 0 Å². The molecule has 0 aromatic heterocycles. The van der Waals surface area contributed by atoms with Crippen LogP contribution >= 0.6 is 0 Å². The summed E-state index contributed by atoms with van der Waals surface area (Å²) in [7, 11) is 0. The summed E-state index contributed by atoms with van der Waals surface area (Å²) in [5.74, 6) is 0.677. The molecule has 0 saturated carbocycles. The van der Waals surface area contributed by atoms with Crippen molar-refractivity contribution in [3.63, 3.8) is 0 Å². The van der Waals surface area contributed by atoms with Crippen molar-refractivity contribution < 1.29 is 4.74 Å². The highest BCUT2D eigenvalue weighted by molar-refractivity contribution is 5.03. The van der Waals surface area contributed by atoms with Gasteiger partial charge in [0.05, 0.1) is 6.61 Å². The van der Waals surface area contributed by atoms with Crippen LogP contribution < -0.4 is 5.32 Å². The topological polar surface area (TPSA) is 21.3 Å². The predicted octanol–water partition coefficient (Wildman–Crippen LogP) is 2.36. The summed E-state index contributed by atoms with van der Waals surface area (Å²) in [5.41, 5.74) is 1.39. The summed E-state index contributed by atoms with van der Waals surface area (Å²) in [6.07, 6.45) is 4.74. The molecule has 0 bridgehead atoms. The molecule has 0 radical (unpaired) electrons. The molecule has 1 N–H and O–H groups in total. The van der Waals surface area contributed by atoms with Crippen LogP contribution in [0.4, 0.5) is 0 Å². The van der Waals surface area contributed by atoms with Gasteiger partial charge in [-0.3, -0.25) is 0 Å². The Hall–Kier alpha value is -0.340. The van der Waals surface area contributed by atoms with Crippen LogP contribution in [-0.2, 0) is 4.74 Å². The molecule has 0 aromatic carbocycles. The van der Waals surface area contributed by atoms with E-state index in [2.05, 4.69) is 32.2 Å². The van der Waals surface area contributed by atoms with E-state index in [9.17, 15) is 0 Å². The fraction of sp³-hybridized carbons (Fsp3) is 0.833. The van der Waals surface area contributed by atoms with Gasteiger partial charge in [0.2, 0.25) is 0 Å². The second-order valence-electron chi connectivity index (χ2n) is 4.35. The van der Waals surface area contributed by atoms with Crippen molar-refractivity contribution in [1.82, 2.24) is 5.32 Å². The number of nitrogens with one attached hydrogen (secondary N) is 1. The minimum Gasteiger partial charge on any atom is -0.381 e. The second kappa shape index (κ2) is 6.20. The van der Waals surface area contributed by atoms with Crippen molar-refractivity contribution in [2.75, 3.05) is 19.8 Å². The summed E-state index contributed by atoms with van der Waals surface area (Å²) in [4.78, 5) is 0. The molecule has 0 aliphatic carbocycles. The highest BCUT2D eigenvalue weighted by Gasteiger charge is 2.23. The van der Waals surface area contributed by atoms with Crippen molar-refractivity contribution in [3.8, 4) is 0 Å². The Bertz CT molecular complexity index is 179. The van der Waals surface area contributed by atoms with Gasteiger partial charge in [0.15, 0.2) is 0 Å². The van der Waals surface area contributed by atoms with Crippen molar-refractivity contribution >= 4 is 0 Å². The second-order valence-corrected chi connectivity index (χ2v) is 4.35. The number of hydrogen-bond acceptors (Lipinski definition) is 2. The Morgan fingerprint density at radius 2 is 2.36 bits per heavy atom. The normalized spacial score (nSPS) is 23.5. The summed E-state index contributed by atoms with van der Waals surface area (Å²) >= 11 is 0. The van der Waals surface area contributed by atoms with Crippen molar-refractivity contribution in [1.29, 1.82) is 0 Å². The molecule has 2 atom stereocenters. The molecule has 2 nitrogen and oxygen atoms in total. The molecule has 1 rings (SSSR count). The minimum absolute atomic E-state index is 0.516. The molecule has 1 saturated heterocycles. The maximum atomic E-state index is 5.43. The molecule has 1 aliphatic heterocycles. The SMILES string of the molecule is CCCNC(C=C(C)C)C1CCOC1. The van der Waals surface area contributed by atoms with Crippen LogP contribution in [0.25, 0.3) is 0 Å². The maximum Gasteiger partial charge on any atom is 0.0513 e. The van der Waals surface area contributed by atoms with Gasteiger partial charge in [-0.15, -0.1) is 0 Å². The van der Waals surface area contributed by atoms with Crippen LogP contribution in [0.5, 0.6) is 0 Å². The molecule has 0 amide bonds. The van der Waals surface area contributed by atoms with Gasteiger partial charge in [0.25, 0.3) is 0 Å². The lowest BCUT2D eigenvalue weighted by Gasteiger charge is -2.20. The van der Waals surface area contributed by atoms with E-state index in [0.717, 1.165) is 19.8 Å². The number of rotatable bonds is 5. The number of hydrogen-bond donors (Lipinski definition) is 1. The van der Waals surface area contributed by atoms with Gasteiger partial charge in [0, 0.05) is 18.6 Å². The van der Waals surface area contributed by atoms with Crippen molar-refractivity contribution in [2.45, 2.75) is 39.7 Å². The molecule has 1 aliphatic rings. The first-order valence-corrected chi connectivity index (χ1v) is 5.70. The van der Waals surface area contributed by atoms with Crippen LogP contribution in [0.15, 0.2) is 11.6 Å². The summed E-state index contributed by atoms with van der Waals surface area (Å²) in [5, 5.41) is 3.59. The van der Waals surface area contributed by atoms with Crippen LogP contribution in [0.2, 0.25) is 0 Å². The van der Waals surface area contributed by atoms with E-state index in [4.69, 9.17) is 4.74 Å². The molecular weight excluding hydrogens is 174 g/mol. The Kier molecular flexibility index (Phi) is 5.20. The molecule has 14 heavy (non-hydrogen) atoms. The molecule has 1 fully saturated rings. The van der Waals surface area contributed by atoms with Gasteiger partial charge >= 0.3 is 0 Å². The lowest BCUT2D eigenvalue weighted by molar-refractivity contribution is 0.181. The third-order valence-electron chi connectivity index (χ3n) is 2.62. The van der Waals surface area contributed by atoms with Gasteiger partial charge in [-0.25, -0.2) is 0 Å². The zero-order valence-corrected chi connectivity index (χ0v) is 9.68. The molecule has 0 aromatic rings. The first-order valence-electron chi connectivity index (χ1n) is 5.70. The predicted molar refractivity (Wildman–Crippen MR) is 60.4 cm³/mol. The van der Waals surface area contributed by atoms with Crippen molar-refractivity contribution in [3.05, 3.63) is 11.6 Å². The smallest absolute Gasteiger partial charge is 0.0513 e. The van der Waals surface area contributed by atoms with E-state index in [1.807, 2.05) is 0 Å². The Morgan fingerprint density at radius 3 is 2.86 bits per heavy atom. The molecule has 2 unspecified atom stereocenters. The van der Waals surface area contributed by atoms with Gasteiger partial charge in [-0.2, -0.15) is 0 Å². The Morgan fingerprint density at radius 1 is 1.57 bits per heavy atom. The largest absolute Gasteiger partial charge is 0.381 e. The van der Waals surface area contributed by atoms with E-state index < -0.39 is 0 Å². The zero-order chi connectivity index (χ0) is 10.4. The lowest BCUT2D eigenvalue weighted by Crippen LogP contribution is -2.35. The monoisotopic (exact) mass is 197 g/mol. The van der Waals surface area contributed by atoms with Crippen LogP contribution in [0.1, 0.15) is 33.6 Å². The van der Waals surface area contributed by atoms with Crippen molar-refractivity contribution in [2.24, 2.45) is 5.92 Å². The number of ether oxygens (including phenoxy) is 1. The van der Waals surface area contributed by atoms with E-state index in [0.29, 0.717) is 12.0 Å². The van der Waals surface area contributed by atoms with E-state index in [-0.39, 0.29) is 0 Å². The van der Waals surface area contributed by atoms with E-state index in [1.54, 1.807) is 0 Å². The molecular formula is C12H23NO. The molecule has 2 heteroatoms. The minimum atomic E-state index is 0.516. The lowest BCUT2D eigenvalue weighted by atomic mass is 9.97. The molecule has 0 spiro atoms. The quantitative estimate of drug-likeness (QED) is 0.683. The van der Waals surface area contributed by atoms with Crippen LogP contribution in [0, 0.1) is 5.92 Å². The van der Waals surface area contributed by atoms with Gasteiger partial charge in [0.1, 0.15) is 0 Å². The first kappa shape index (κ1) is 11.7. The Labute approximate surface area is 87.7 Å². The Balaban J connectivity index is 2.46. The number of allylic oxidation sites excluding steroid dienone is 1. The fourth-order valence-corrected chi connectivity index (χ4v) is 1.87. The van der Waals surface area contributed by atoms with Gasteiger partial charge in [-0.05, 0) is 33.2 Å². The summed E-state index contributed by atoms with van der Waals surface area (Å²) in [6, 6.07) is 0.516. The first-order chi connectivity index (χ1) is 6.74. The summed E-state index contributed by atoms with van der Waals surface area (Å²) < 4.78 is 5.43. The van der Waals surface area contributed by atoms with E-state index >= 15 is 0 Å². The maximum absolute atomic E-state index is 5.43. The summed E-state index contributed by atoms with van der Waals surface area (Å²) in [6.45, 7) is 9.49. The third-order valence-corrected chi connectivity index (χ3v) is 2.62. The average Bonchev–Trinajstić information content (AvgIpc) is 2.64. The molecule has 82 valence electrons. The zero-order valence-electron chi connectivity index (χ0n) is 9.68. The van der Waals surface area contributed by atoms with E-state index in [1.165, 1.54) is 18.4 Å². The molecule has 1 heterocycles. The van der Waals surface area contributed by atoms with Crippen LogP contribution in [-0.4, -0.2) is 25.8 Å². The third kappa shape index (κ3) is 3.81.